The molecule has 1 aliphatic carbocycles. The summed E-state index contributed by atoms with van der Waals surface area (Å²) in [6.45, 7) is 0.452. The van der Waals surface area contributed by atoms with Gasteiger partial charge >= 0.3 is 5.97 Å². The maximum Gasteiger partial charge on any atom is 0.314 e. The number of ether oxygens (including phenoxy) is 1. The Labute approximate surface area is 117 Å². The Morgan fingerprint density at radius 3 is 2.35 bits per heavy atom. The van der Waals surface area contributed by atoms with Crippen LogP contribution in [-0.2, 0) is 16.8 Å². The van der Waals surface area contributed by atoms with Gasteiger partial charge in [-0.05, 0) is 24.5 Å². The highest BCUT2D eigenvalue weighted by atomic mass is 16.5. The van der Waals surface area contributed by atoms with Crippen molar-refractivity contribution in [1.82, 2.24) is 0 Å². The predicted octanol–water partition coefficient (Wildman–Crippen LogP) is 3.38. The van der Waals surface area contributed by atoms with Crippen LogP contribution in [-0.4, -0.2) is 11.1 Å². The maximum atomic E-state index is 11.5. The Kier molecular flexibility index (Phi) is 3.18. The van der Waals surface area contributed by atoms with Crippen molar-refractivity contribution in [3.05, 3.63) is 65.7 Å². The van der Waals surface area contributed by atoms with E-state index in [0.29, 0.717) is 25.2 Å². The molecular formula is C17H16O3. The number of hydrogen-bond acceptors (Lipinski definition) is 2. The summed E-state index contributed by atoms with van der Waals surface area (Å²) in [7, 11) is 0. The van der Waals surface area contributed by atoms with Crippen molar-refractivity contribution in [2.75, 3.05) is 0 Å². The smallest absolute Gasteiger partial charge is 0.314 e. The predicted molar refractivity (Wildman–Crippen MR) is 75.8 cm³/mol. The zero-order chi connectivity index (χ0) is 14.0. The van der Waals surface area contributed by atoms with Gasteiger partial charge in [-0.15, -0.1) is 0 Å². The van der Waals surface area contributed by atoms with Crippen molar-refractivity contribution in [2.24, 2.45) is 0 Å². The number of rotatable bonds is 5. The summed E-state index contributed by atoms with van der Waals surface area (Å²) < 4.78 is 5.84. The van der Waals surface area contributed by atoms with Crippen LogP contribution in [0.3, 0.4) is 0 Å². The molecule has 0 aromatic heterocycles. The number of benzene rings is 2. The van der Waals surface area contributed by atoms with Gasteiger partial charge in [0.15, 0.2) is 0 Å². The van der Waals surface area contributed by atoms with Crippen molar-refractivity contribution >= 4 is 5.97 Å². The fourth-order valence-corrected chi connectivity index (χ4v) is 2.45. The Balaban J connectivity index is 1.82. The van der Waals surface area contributed by atoms with Gasteiger partial charge in [-0.2, -0.15) is 0 Å². The quantitative estimate of drug-likeness (QED) is 0.904. The number of hydrogen-bond donors (Lipinski definition) is 1. The Bertz CT molecular complexity index is 615. The zero-order valence-electron chi connectivity index (χ0n) is 11.1. The third kappa shape index (κ3) is 2.27. The highest BCUT2D eigenvalue weighted by molar-refractivity contribution is 5.86. The van der Waals surface area contributed by atoms with Gasteiger partial charge in [0.2, 0.25) is 0 Å². The lowest BCUT2D eigenvalue weighted by Crippen LogP contribution is -2.20. The second kappa shape index (κ2) is 5.00. The second-order valence-electron chi connectivity index (χ2n) is 5.16. The molecule has 2 aromatic carbocycles. The molecule has 3 heteroatoms. The molecule has 3 nitrogen and oxygen atoms in total. The summed E-state index contributed by atoms with van der Waals surface area (Å²) in [5.74, 6) is -0.0792. The molecule has 0 unspecified atom stereocenters. The first kappa shape index (κ1) is 12.7. The van der Waals surface area contributed by atoms with E-state index in [1.165, 1.54) is 0 Å². The molecule has 1 aliphatic rings. The summed E-state index contributed by atoms with van der Waals surface area (Å²) in [4.78, 5) is 11.5. The minimum absolute atomic E-state index is 0.452. The molecule has 0 radical (unpaired) electrons. The molecule has 3 rings (SSSR count). The number of carboxylic acid groups (broad SMARTS) is 1. The number of carboxylic acids is 1. The van der Waals surface area contributed by atoms with Gasteiger partial charge in [0.05, 0.1) is 5.41 Å². The molecule has 0 bridgehead atoms. The molecule has 2 aromatic rings. The molecule has 1 saturated carbocycles. The van der Waals surface area contributed by atoms with E-state index < -0.39 is 11.4 Å². The second-order valence-corrected chi connectivity index (χ2v) is 5.16. The van der Waals surface area contributed by atoms with Crippen molar-refractivity contribution in [3.8, 4) is 5.75 Å². The van der Waals surface area contributed by atoms with E-state index in [9.17, 15) is 9.90 Å². The molecule has 1 fully saturated rings. The summed E-state index contributed by atoms with van der Waals surface area (Å²) in [6.07, 6.45) is 1.38. The zero-order valence-corrected chi connectivity index (χ0v) is 11.1. The average Bonchev–Trinajstić information content (AvgIpc) is 3.28. The molecular weight excluding hydrogens is 252 g/mol. The lowest BCUT2D eigenvalue weighted by atomic mass is 9.95. The van der Waals surface area contributed by atoms with E-state index in [2.05, 4.69) is 0 Å². The lowest BCUT2D eigenvalue weighted by molar-refractivity contribution is -0.140. The Morgan fingerprint density at radius 2 is 1.70 bits per heavy atom. The van der Waals surface area contributed by atoms with Crippen LogP contribution in [0, 0.1) is 0 Å². The third-order valence-electron chi connectivity index (χ3n) is 3.80. The molecule has 0 amide bonds. The van der Waals surface area contributed by atoms with Crippen LogP contribution in [0.15, 0.2) is 54.6 Å². The van der Waals surface area contributed by atoms with Crippen LogP contribution >= 0.6 is 0 Å². The van der Waals surface area contributed by atoms with E-state index in [1.54, 1.807) is 0 Å². The van der Waals surface area contributed by atoms with Crippen LogP contribution < -0.4 is 4.74 Å². The van der Waals surface area contributed by atoms with Crippen LogP contribution in [0.5, 0.6) is 5.75 Å². The first-order valence-corrected chi connectivity index (χ1v) is 6.72. The number of aliphatic carboxylic acids is 1. The summed E-state index contributed by atoms with van der Waals surface area (Å²) >= 11 is 0. The topological polar surface area (TPSA) is 46.5 Å². The van der Waals surface area contributed by atoms with Gasteiger partial charge in [0, 0.05) is 5.56 Å². The maximum absolute atomic E-state index is 11.5. The van der Waals surface area contributed by atoms with Crippen LogP contribution in [0.4, 0.5) is 0 Å². The van der Waals surface area contributed by atoms with E-state index in [4.69, 9.17) is 4.74 Å². The highest BCUT2D eigenvalue weighted by Crippen LogP contribution is 2.51. The Morgan fingerprint density at radius 1 is 1.05 bits per heavy atom. The monoisotopic (exact) mass is 268 g/mol. The van der Waals surface area contributed by atoms with E-state index in [0.717, 1.165) is 11.1 Å². The first-order valence-electron chi connectivity index (χ1n) is 6.72. The average molecular weight is 268 g/mol. The van der Waals surface area contributed by atoms with Gasteiger partial charge in [-0.25, -0.2) is 0 Å². The van der Waals surface area contributed by atoms with Crippen LogP contribution in [0.2, 0.25) is 0 Å². The fourth-order valence-electron chi connectivity index (χ4n) is 2.45. The SMILES string of the molecule is O=C(O)C1(c2ccccc2OCc2ccccc2)CC1. The minimum atomic E-state index is -0.756. The molecule has 1 N–H and O–H groups in total. The summed E-state index contributed by atoms with van der Waals surface area (Å²) in [5, 5.41) is 9.41. The van der Waals surface area contributed by atoms with Crippen LogP contribution in [0.1, 0.15) is 24.0 Å². The lowest BCUT2D eigenvalue weighted by Gasteiger charge is -2.16. The minimum Gasteiger partial charge on any atom is -0.489 e. The van der Waals surface area contributed by atoms with E-state index >= 15 is 0 Å². The molecule has 20 heavy (non-hydrogen) atoms. The van der Waals surface area contributed by atoms with E-state index in [1.807, 2.05) is 54.6 Å². The van der Waals surface area contributed by atoms with Gasteiger partial charge < -0.3 is 9.84 Å². The molecule has 0 spiro atoms. The van der Waals surface area contributed by atoms with Crippen molar-refractivity contribution in [3.63, 3.8) is 0 Å². The van der Waals surface area contributed by atoms with Crippen molar-refractivity contribution in [1.29, 1.82) is 0 Å². The normalized spacial score (nSPS) is 15.6. The van der Waals surface area contributed by atoms with Crippen LogP contribution in [0.25, 0.3) is 0 Å². The third-order valence-corrected chi connectivity index (χ3v) is 3.80. The van der Waals surface area contributed by atoms with Crippen molar-refractivity contribution in [2.45, 2.75) is 24.9 Å². The number of carbonyl (C=O) groups is 1. The molecule has 0 atom stereocenters. The highest BCUT2D eigenvalue weighted by Gasteiger charge is 2.53. The van der Waals surface area contributed by atoms with Gasteiger partial charge in [-0.1, -0.05) is 48.5 Å². The summed E-state index contributed by atoms with van der Waals surface area (Å²) in [5.41, 5.74) is 1.14. The van der Waals surface area contributed by atoms with Gasteiger partial charge in [-0.3, -0.25) is 4.79 Å². The largest absolute Gasteiger partial charge is 0.489 e. The molecule has 0 heterocycles. The molecule has 0 aliphatic heterocycles. The fraction of sp³-hybridized carbons (Fsp3) is 0.235. The molecule has 102 valence electrons. The molecule has 0 saturated heterocycles. The standard InChI is InChI=1S/C17H16O3/c18-16(19)17(10-11-17)14-8-4-5-9-15(14)20-12-13-6-2-1-3-7-13/h1-9H,10-12H2,(H,18,19). The van der Waals surface area contributed by atoms with Gasteiger partial charge in [0.25, 0.3) is 0 Å². The van der Waals surface area contributed by atoms with Crippen molar-refractivity contribution < 1.29 is 14.6 Å². The first-order chi connectivity index (χ1) is 9.72. The number of para-hydroxylation sites is 1. The summed E-state index contributed by atoms with van der Waals surface area (Å²) in [6, 6.07) is 17.3. The Hall–Kier alpha value is -2.29. The van der Waals surface area contributed by atoms with Gasteiger partial charge in [0.1, 0.15) is 12.4 Å². The van der Waals surface area contributed by atoms with E-state index in [-0.39, 0.29) is 0 Å².